The third kappa shape index (κ3) is 2.62. The van der Waals surface area contributed by atoms with Crippen molar-refractivity contribution in [1.29, 1.82) is 0 Å². The van der Waals surface area contributed by atoms with Crippen LogP contribution >= 0.6 is 0 Å². The summed E-state index contributed by atoms with van der Waals surface area (Å²) in [6, 6.07) is 14.1. The van der Waals surface area contributed by atoms with Gasteiger partial charge in [-0.25, -0.2) is 13.5 Å². The Balaban J connectivity index is 1.79. The molecule has 4 nitrogen and oxygen atoms in total. The van der Waals surface area contributed by atoms with Crippen molar-refractivity contribution in [3.05, 3.63) is 54.3 Å². The zero-order valence-corrected chi connectivity index (χ0v) is 12.5. The Morgan fingerprint density at radius 2 is 1.86 bits per heavy atom. The van der Waals surface area contributed by atoms with Crippen LogP contribution in [-0.4, -0.2) is 11.2 Å². The van der Waals surface area contributed by atoms with Gasteiger partial charge >= 0.3 is 5.95 Å². The van der Waals surface area contributed by atoms with Crippen LogP contribution < -0.4 is 15.0 Å². The summed E-state index contributed by atoms with van der Waals surface area (Å²) < 4.78 is 22.6. The van der Waals surface area contributed by atoms with Gasteiger partial charge in [-0.1, -0.05) is 12.1 Å². The standard InChI is InChI=1S/C17H18FN3O/c1-2-20-15-5-3-4-6-16(15)21(17(20)19)11-12-22-14-9-7-13(18)8-10-14/h3-10,19H,2,11-12H2,1H3/p+1. The third-order valence-corrected chi connectivity index (χ3v) is 3.73. The number of halogens is 1. The first-order chi connectivity index (χ1) is 10.7. The molecule has 2 N–H and O–H groups in total. The van der Waals surface area contributed by atoms with Crippen LogP contribution in [0.25, 0.3) is 11.0 Å². The van der Waals surface area contributed by atoms with Gasteiger partial charge in [0.1, 0.15) is 35.8 Å². The van der Waals surface area contributed by atoms with Crippen LogP contribution in [0.3, 0.4) is 0 Å². The number of aromatic nitrogens is 2. The highest BCUT2D eigenvalue weighted by Gasteiger charge is 2.19. The number of hydrogen-bond donors (Lipinski definition) is 1. The van der Waals surface area contributed by atoms with Gasteiger partial charge in [0, 0.05) is 0 Å². The second kappa shape index (κ2) is 6.05. The lowest BCUT2D eigenvalue weighted by molar-refractivity contribution is -0.658. The summed E-state index contributed by atoms with van der Waals surface area (Å²) in [5.74, 6) is 1.10. The van der Waals surface area contributed by atoms with Crippen molar-refractivity contribution in [2.24, 2.45) is 0 Å². The van der Waals surface area contributed by atoms with Gasteiger partial charge in [0.25, 0.3) is 0 Å². The van der Waals surface area contributed by atoms with E-state index in [-0.39, 0.29) is 5.82 Å². The summed E-state index contributed by atoms with van der Waals surface area (Å²) in [4.78, 5) is 0. The van der Waals surface area contributed by atoms with E-state index in [9.17, 15) is 4.39 Å². The minimum atomic E-state index is -0.267. The maximum Gasteiger partial charge on any atom is 0.356 e. The highest BCUT2D eigenvalue weighted by molar-refractivity contribution is 5.73. The van der Waals surface area contributed by atoms with Crippen molar-refractivity contribution in [2.45, 2.75) is 20.0 Å². The minimum Gasteiger partial charge on any atom is -0.490 e. The molecule has 5 heteroatoms. The van der Waals surface area contributed by atoms with Crippen molar-refractivity contribution in [3.8, 4) is 5.75 Å². The maximum absolute atomic E-state index is 12.9. The number of nitrogens with zero attached hydrogens (tertiary/aromatic N) is 2. The van der Waals surface area contributed by atoms with Gasteiger partial charge in [0.05, 0.1) is 6.54 Å². The first-order valence-corrected chi connectivity index (χ1v) is 7.35. The van der Waals surface area contributed by atoms with Crippen molar-refractivity contribution in [1.82, 2.24) is 4.57 Å². The van der Waals surface area contributed by atoms with Gasteiger partial charge in [-0.15, -0.1) is 0 Å². The highest BCUT2D eigenvalue weighted by Crippen LogP contribution is 2.16. The van der Waals surface area contributed by atoms with E-state index in [2.05, 4.69) is 23.6 Å². The first kappa shape index (κ1) is 14.4. The van der Waals surface area contributed by atoms with E-state index in [0.29, 0.717) is 24.8 Å². The zero-order chi connectivity index (χ0) is 15.5. The molecule has 1 heterocycles. The fourth-order valence-electron chi connectivity index (χ4n) is 2.67. The van der Waals surface area contributed by atoms with E-state index in [1.807, 2.05) is 16.7 Å². The van der Waals surface area contributed by atoms with Gasteiger partial charge in [0.15, 0.2) is 0 Å². The van der Waals surface area contributed by atoms with Gasteiger partial charge in [-0.05, 0) is 43.3 Å². The van der Waals surface area contributed by atoms with E-state index in [0.717, 1.165) is 17.6 Å². The molecule has 0 fully saturated rings. The number of imidazole rings is 1. The van der Waals surface area contributed by atoms with Gasteiger partial charge < -0.3 is 4.74 Å². The maximum atomic E-state index is 12.9. The predicted molar refractivity (Wildman–Crippen MR) is 84.1 cm³/mol. The van der Waals surface area contributed by atoms with E-state index in [1.165, 1.54) is 12.1 Å². The average Bonchev–Trinajstić information content (AvgIpc) is 2.81. The summed E-state index contributed by atoms with van der Waals surface area (Å²) in [5.41, 5.74) is 8.45. The fourth-order valence-corrected chi connectivity index (χ4v) is 2.67. The Labute approximate surface area is 128 Å². The Bertz CT molecular complexity index is 780. The molecule has 0 aliphatic carbocycles. The molecule has 1 aromatic heterocycles. The second-order valence-electron chi connectivity index (χ2n) is 5.05. The lowest BCUT2D eigenvalue weighted by Crippen LogP contribution is -2.39. The second-order valence-corrected chi connectivity index (χ2v) is 5.05. The molecule has 114 valence electrons. The summed E-state index contributed by atoms with van der Waals surface area (Å²) >= 11 is 0. The van der Waals surface area contributed by atoms with Crippen molar-refractivity contribution in [2.75, 3.05) is 12.3 Å². The van der Waals surface area contributed by atoms with Crippen LogP contribution in [0, 0.1) is 5.82 Å². The Morgan fingerprint density at radius 3 is 2.59 bits per heavy atom. The van der Waals surface area contributed by atoms with Crippen LogP contribution in [0.4, 0.5) is 10.3 Å². The molecule has 0 amide bonds. The SMILES string of the molecule is CCn1c(N)[n+](CCOc2ccc(F)cc2)c2ccccc21. The summed E-state index contributed by atoms with van der Waals surface area (Å²) in [6.45, 7) is 4.00. The molecule has 0 bridgehead atoms. The Morgan fingerprint density at radius 1 is 1.14 bits per heavy atom. The average molecular weight is 300 g/mol. The molecule has 0 aliphatic heterocycles. The number of fused-ring (bicyclic) bond motifs is 1. The van der Waals surface area contributed by atoms with Crippen LogP contribution in [0.2, 0.25) is 0 Å². The van der Waals surface area contributed by atoms with Gasteiger partial charge in [-0.3, -0.25) is 5.73 Å². The lowest BCUT2D eigenvalue weighted by Gasteiger charge is -2.06. The topological polar surface area (TPSA) is 44.1 Å². The summed E-state index contributed by atoms with van der Waals surface area (Å²) in [5, 5.41) is 0. The van der Waals surface area contributed by atoms with Crippen LogP contribution in [0.5, 0.6) is 5.75 Å². The molecule has 0 aliphatic rings. The molecule has 0 radical (unpaired) electrons. The molecule has 0 saturated heterocycles. The van der Waals surface area contributed by atoms with E-state index >= 15 is 0 Å². The minimum absolute atomic E-state index is 0.267. The molecule has 3 rings (SSSR count). The van der Waals surface area contributed by atoms with Gasteiger partial charge in [0.2, 0.25) is 0 Å². The number of anilines is 1. The smallest absolute Gasteiger partial charge is 0.356 e. The predicted octanol–water partition coefficient (Wildman–Crippen LogP) is 2.75. The molecule has 3 aromatic rings. The number of para-hydroxylation sites is 2. The molecular formula is C17H19FN3O+. The van der Waals surface area contributed by atoms with Crippen LogP contribution in [0.1, 0.15) is 6.92 Å². The zero-order valence-electron chi connectivity index (χ0n) is 12.5. The normalized spacial score (nSPS) is 11.0. The number of nitrogens with two attached hydrogens (primary N) is 1. The van der Waals surface area contributed by atoms with Gasteiger partial charge in [-0.2, -0.15) is 0 Å². The molecule has 2 aromatic carbocycles. The largest absolute Gasteiger partial charge is 0.490 e. The number of aryl methyl sites for hydroxylation is 1. The molecule has 0 saturated carbocycles. The molecular weight excluding hydrogens is 281 g/mol. The Hall–Kier alpha value is -2.56. The third-order valence-electron chi connectivity index (χ3n) is 3.73. The monoisotopic (exact) mass is 300 g/mol. The number of ether oxygens (including phenoxy) is 1. The Kier molecular flexibility index (Phi) is 3.96. The van der Waals surface area contributed by atoms with E-state index in [4.69, 9.17) is 10.5 Å². The van der Waals surface area contributed by atoms with Crippen LogP contribution in [-0.2, 0) is 13.1 Å². The van der Waals surface area contributed by atoms with E-state index in [1.54, 1.807) is 12.1 Å². The number of hydrogen-bond acceptors (Lipinski definition) is 2. The van der Waals surface area contributed by atoms with Crippen molar-refractivity contribution < 1.29 is 13.7 Å². The summed E-state index contributed by atoms with van der Waals surface area (Å²) in [7, 11) is 0. The molecule has 0 atom stereocenters. The fraction of sp³-hybridized carbons (Fsp3) is 0.235. The first-order valence-electron chi connectivity index (χ1n) is 7.35. The quantitative estimate of drug-likeness (QED) is 0.736. The van der Waals surface area contributed by atoms with Crippen LogP contribution in [0.15, 0.2) is 48.5 Å². The number of rotatable bonds is 5. The lowest BCUT2D eigenvalue weighted by atomic mass is 10.3. The summed E-state index contributed by atoms with van der Waals surface area (Å²) in [6.07, 6.45) is 0. The number of benzene rings is 2. The molecule has 0 spiro atoms. The highest BCUT2D eigenvalue weighted by atomic mass is 19.1. The number of nitrogen functional groups attached to an aromatic ring is 1. The van der Waals surface area contributed by atoms with E-state index < -0.39 is 0 Å². The molecule has 0 unspecified atom stereocenters. The van der Waals surface area contributed by atoms with Crippen molar-refractivity contribution >= 4 is 17.0 Å². The van der Waals surface area contributed by atoms with Crippen molar-refractivity contribution in [3.63, 3.8) is 0 Å². The molecule has 22 heavy (non-hydrogen) atoms.